The number of carbonyl (C=O) groups excluding carboxylic acids is 2. The van der Waals surface area contributed by atoms with Crippen LogP contribution in [0.2, 0.25) is 0 Å². The first-order valence-electron chi connectivity index (χ1n) is 10.0. The Kier molecular flexibility index (Phi) is 5.91. The van der Waals surface area contributed by atoms with Gasteiger partial charge < -0.3 is 15.4 Å². The molecule has 0 saturated carbocycles. The topological polar surface area (TPSA) is 97.6 Å². The summed E-state index contributed by atoms with van der Waals surface area (Å²) in [5.74, 6) is -0.340. The Balaban J connectivity index is 1.38. The van der Waals surface area contributed by atoms with E-state index in [1.54, 1.807) is 44.2 Å². The molecule has 4 rings (SSSR count). The Morgan fingerprint density at radius 3 is 2.66 bits per heavy atom. The molecule has 0 aliphatic rings. The third-order valence-corrected chi connectivity index (χ3v) is 5.29. The summed E-state index contributed by atoms with van der Waals surface area (Å²) >= 11 is 1.56. The molecular formula is C23H23N5O3S. The van der Waals surface area contributed by atoms with Gasteiger partial charge in [-0.3, -0.25) is 4.79 Å². The lowest BCUT2D eigenvalue weighted by Gasteiger charge is -2.19. The number of fused-ring (bicyclic) bond motifs is 1. The zero-order valence-corrected chi connectivity index (χ0v) is 18.8. The summed E-state index contributed by atoms with van der Waals surface area (Å²) in [4.78, 5) is 28.5. The van der Waals surface area contributed by atoms with E-state index in [0.29, 0.717) is 5.69 Å². The van der Waals surface area contributed by atoms with E-state index in [0.717, 1.165) is 27.3 Å². The number of thiazole rings is 1. The summed E-state index contributed by atoms with van der Waals surface area (Å²) in [6.07, 6.45) is 3.10. The Labute approximate surface area is 189 Å². The summed E-state index contributed by atoms with van der Waals surface area (Å²) in [6.45, 7) is 5.11. The molecule has 8 nitrogen and oxygen atoms in total. The number of amides is 2. The van der Waals surface area contributed by atoms with Gasteiger partial charge in [0.2, 0.25) is 5.91 Å². The van der Waals surface area contributed by atoms with Gasteiger partial charge in [0.05, 0.1) is 23.0 Å². The van der Waals surface area contributed by atoms with Crippen LogP contribution < -0.4 is 10.6 Å². The number of hydrogen-bond donors (Lipinski definition) is 2. The molecule has 1 aromatic carbocycles. The van der Waals surface area contributed by atoms with Gasteiger partial charge in [-0.25, -0.2) is 14.3 Å². The van der Waals surface area contributed by atoms with E-state index in [1.165, 1.54) is 0 Å². The summed E-state index contributed by atoms with van der Waals surface area (Å²) in [5.41, 5.74) is 3.80. The van der Waals surface area contributed by atoms with Crippen LogP contribution in [0.5, 0.6) is 0 Å². The fourth-order valence-corrected chi connectivity index (χ4v) is 3.87. The van der Waals surface area contributed by atoms with Gasteiger partial charge in [-0.15, -0.1) is 11.3 Å². The minimum Gasteiger partial charge on any atom is -0.444 e. The molecule has 0 aliphatic carbocycles. The number of ether oxygens (including phenoxy) is 1. The Morgan fingerprint density at radius 1 is 1.12 bits per heavy atom. The molecule has 4 aromatic rings. The molecule has 0 fully saturated rings. The number of nitrogens with one attached hydrogen (secondary N) is 2. The second-order valence-corrected chi connectivity index (χ2v) is 8.97. The number of nitrogens with zero attached hydrogens (tertiary/aromatic N) is 3. The minimum absolute atomic E-state index is 0.175. The summed E-state index contributed by atoms with van der Waals surface area (Å²) < 4.78 is 6.94. The number of rotatable bonds is 5. The predicted octanol–water partition coefficient (Wildman–Crippen LogP) is 4.59. The summed E-state index contributed by atoms with van der Waals surface area (Å²) in [6, 6.07) is 13.3. The molecule has 0 bridgehead atoms. The van der Waals surface area contributed by atoms with Crippen molar-refractivity contribution in [3.05, 3.63) is 60.2 Å². The van der Waals surface area contributed by atoms with Crippen LogP contribution in [0.3, 0.4) is 0 Å². The fourth-order valence-electron chi connectivity index (χ4n) is 3.03. The maximum atomic E-state index is 12.1. The highest BCUT2D eigenvalue weighted by Gasteiger charge is 2.17. The SMILES string of the molecule is CC(C)(C)OC(=O)NCC(=O)Nc1ccc(-c2csc(-c3cnn4ccccc34)n2)cc1. The quantitative estimate of drug-likeness (QED) is 0.464. The van der Waals surface area contributed by atoms with Crippen molar-refractivity contribution >= 4 is 34.5 Å². The number of anilines is 1. The van der Waals surface area contributed by atoms with Crippen molar-refractivity contribution in [2.24, 2.45) is 0 Å². The Morgan fingerprint density at radius 2 is 1.91 bits per heavy atom. The third kappa shape index (κ3) is 5.12. The minimum atomic E-state index is -0.631. The largest absolute Gasteiger partial charge is 0.444 e. The lowest BCUT2D eigenvalue weighted by Crippen LogP contribution is -2.37. The van der Waals surface area contributed by atoms with Gasteiger partial charge in [-0.2, -0.15) is 5.10 Å². The number of carbonyl (C=O) groups is 2. The molecule has 3 aromatic heterocycles. The van der Waals surface area contributed by atoms with E-state index in [9.17, 15) is 9.59 Å². The molecule has 0 radical (unpaired) electrons. The van der Waals surface area contributed by atoms with E-state index in [2.05, 4.69) is 15.7 Å². The summed E-state index contributed by atoms with van der Waals surface area (Å²) in [5, 5.41) is 12.4. The highest BCUT2D eigenvalue weighted by molar-refractivity contribution is 7.13. The van der Waals surface area contributed by atoms with Crippen LogP contribution in [0.15, 0.2) is 60.2 Å². The van der Waals surface area contributed by atoms with E-state index < -0.39 is 11.7 Å². The molecular weight excluding hydrogens is 426 g/mol. The molecule has 0 atom stereocenters. The van der Waals surface area contributed by atoms with Crippen molar-refractivity contribution in [2.45, 2.75) is 26.4 Å². The van der Waals surface area contributed by atoms with Gasteiger partial charge in [-0.1, -0.05) is 18.2 Å². The number of pyridine rings is 1. The Hall–Kier alpha value is -3.72. The van der Waals surface area contributed by atoms with E-state index >= 15 is 0 Å². The van der Waals surface area contributed by atoms with Crippen molar-refractivity contribution < 1.29 is 14.3 Å². The first kappa shape index (κ1) is 21.5. The highest BCUT2D eigenvalue weighted by Crippen LogP contribution is 2.31. The lowest BCUT2D eigenvalue weighted by atomic mass is 10.1. The van der Waals surface area contributed by atoms with E-state index in [1.807, 2.05) is 52.6 Å². The lowest BCUT2D eigenvalue weighted by molar-refractivity contribution is -0.115. The van der Waals surface area contributed by atoms with Crippen LogP contribution in [-0.2, 0) is 9.53 Å². The standard InChI is InChI=1S/C23H23N5O3S/c1-23(2,3)31-22(30)24-13-20(29)26-16-9-7-15(8-10-16)18-14-32-21(27-18)17-12-25-28-11-5-4-6-19(17)28/h4-12,14H,13H2,1-3H3,(H,24,30)(H,26,29). The first-order chi connectivity index (χ1) is 15.3. The normalized spacial score (nSPS) is 11.3. The predicted molar refractivity (Wildman–Crippen MR) is 125 cm³/mol. The fraction of sp³-hybridized carbons (Fsp3) is 0.217. The molecule has 9 heteroatoms. The third-order valence-electron chi connectivity index (χ3n) is 4.42. The van der Waals surface area contributed by atoms with Crippen LogP contribution in [0.25, 0.3) is 27.3 Å². The molecule has 0 aliphatic heterocycles. The molecule has 3 heterocycles. The first-order valence-corrected chi connectivity index (χ1v) is 10.9. The van der Waals surface area contributed by atoms with Gasteiger partial charge >= 0.3 is 6.09 Å². The van der Waals surface area contributed by atoms with E-state index in [-0.39, 0.29) is 12.5 Å². The van der Waals surface area contributed by atoms with Gasteiger partial charge in [-0.05, 0) is 45.0 Å². The second kappa shape index (κ2) is 8.80. The molecule has 0 unspecified atom stereocenters. The van der Waals surface area contributed by atoms with Gasteiger partial charge in [0.25, 0.3) is 0 Å². The maximum Gasteiger partial charge on any atom is 0.408 e. The molecule has 164 valence electrons. The molecule has 2 amide bonds. The number of benzene rings is 1. The van der Waals surface area contributed by atoms with Crippen molar-refractivity contribution in [3.63, 3.8) is 0 Å². The van der Waals surface area contributed by atoms with Crippen LogP contribution in [0.1, 0.15) is 20.8 Å². The van der Waals surface area contributed by atoms with Crippen molar-refractivity contribution in [3.8, 4) is 21.8 Å². The van der Waals surface area contributed by atoms with Crippen molar-refractivity contribution in [2.75, 3.05) is 11.9 Å². The van der Waals surface area contributed by atoms with Crippen LogP contribution in [-0.4, -0.2) is 38.7 Å². The number of alkyl carbamates (subject to hydrolysis) is 1. The zero-order chi connectivity index (χ0) is 22.7. The molecule has 0 saturated heterocycles. The monoisotopic (exact) mass is 449 g/mol. The number of aromatic nitrogens is 3. The van der Waals surface area contributed by atoms with Crippen molar-refractivity contribution in [1.82, 2.24) is 19.9 Å². The Bertz CT molecular complexity index is 1250. The highest BCUT2D eigenvalue weighted by atomic mass is 32.1. The zero-order valence-electron chi connectivity index (χ0n) is 18.0. The van der Waals surface area contributed by atoms with Gasteiger partial charge in [0, 0.05) is 22.8 Å². The van der Waals surface area contributed by atoms with Crippen molar-refractivity contribution in [1.29, 1.82) is 0 Å². The van der Waals surface area contributed by atoms with Crippen LogP contribution >= 0.6 is 11.3 Å². The van der Waals surface area contributed by atoms with Crippen LogP contribution in [0, 0.1) is 0 Å². The molecule has 32 heavy (non-hydrogen) atoms. The second-order valence-electron chi connectivity index (χ2n) is 8.11. The smallest absolute Gasteiger partial charge is 0.408 e. The van der Waals surface area contributed by atoms with Crippen LogP contribution in [0.4, 0.5) is 10.5 Å². The maximum absolute atomic E-state index is 12.1. The molecule has 0 spiro atoms. The average Bonchev–Trinajstić information content (AvgIpc) is 3.39. The van der Waals surface area contributed by atoms with E-state index in [4.69, 9.17) is 9.72 Å². The van der Waals surface area contributed by atoms with Gasteiger partial charge in [0.15, 0.2) is 0 Å². The van der Waals surface area contributed by atoms with Gasteiger partial charge in [0.1, 0.15) is 17.2 Å². The number of hydrogen-bond acceptors (Lipinski definition) is 6. The molecule has 2 N–H and O–H groups in total. The summed E-state index contributed by atoms with van der Waals surface area (Å²) in [7, 11) is 0. The average molecular weight is 450 g/mol.